The molecule has 0 radical (unpaired) electrons. The van der Waals surface area contributed by atoms with Gasteiger partial charge in [-0.2, -0.15) is 0 Å². The van der Waals surface area contributed by atoms with Crippen molar-refractivity contribution in [3.8, 4) is 0 Å². The summed E-state index contributed by atoms with van der Waals surface area (Å²) in [5.41, 5.74) is 1.29. The van der Waals surface area contributed by atoms with Gasteiger partial charge in [0.25, 0.3) is 0 Å². The highest BCUT2D eigenvalue weighted by Crippen LogP contribution is 2.22. The fourth-order valence-electron chi connectivity index (χ4n) is 3.50. The van der Waals surface area contributed by atoms with Gasteiger partial charge in [-0.15, -0.1) is 0 Å². The number of likely N-dealkylation sites (N-methyl/N-ethyl adjacent to an activating group) is 2. The quantitative estimate of drug-likeness (QED) is 0.497. The number of aromatic nitrogens is 1. The van der Waals surface area contributed by atoms with E-state index in [0.717, 1.165) is 13.1 Å². The molecule has 1 aliphatic rings. The molecule has 0 atom stereocenters. The van der Waals surface area contributed by atoms with Crippen molar-refractivity contribution < 1.29 is 4.48 Å². The van der Waals surface area contributed by atoms with Crippen molar-refractivity contribution in [1.82, 2.24) is 9.62 Å². The maximum atomic E-state index is 2.41. The van der Waals surface area contributed by atoms with Gasteiger partial charge < -0.3 is 0 Å². The number of benzene rings is 2. The lowest BCUT2D eigenvalue weighted by Crippen LogP contribution is -2.64. The molecule has 1 aliphatic heterocycles. The van der Waals surface area contributed by atoms with E-state index in [4.69, 9.17) is 0 Å². The number of para-hydroxylation sites is 1. The first-order valence-corrected chi connectivity index (χ1v) is 7.48. The number of nitrogens with zero attached hydrogens (tertiary/aromatic N) is 3. The molecule has 1 saturated heterocycles. The van der Waals surface area contributed by atoms with Crippen molar-refractivity contribution in [3.05, 3.63) is 54.7 Å². The molecule has 21 heavy (non-hydrogen) atoms. The third-order valence-electron chi connectivity index (χ3n) is 4.55. The fourth-order valence-corrected chi connectivity index (χ4v) is 3.50. The van der Waals surface area contributed by atoms with E-state index in [0.29, 0.717) is 7.12 Å². The molecule has 0 bridgehead atoms. The molecule has 0 unspecified atom stereocenters. The van der Waals surface area contributed by atoms with Gasteiger partial charge in [0.2, 0.25) is 0 Å². The Bertz CT molecular complexity index is 807. The molecular weight excluding hydrogens is 257 g/mol. The predicted molar refractivity (Wildman–Crippen MR) is 88.1 cm³/mol. The van der Waals surface area contributed by atoms with Gasteiger partial charge in [0.1, 0.15) is 0 Å². The Morgan fingerprint density at radius 3 is 2.24 bits per heavy atom. The Balaban J connectivity index is 2.07. The van der Waals surface area contributed by atoms with E-state index in [1.165, 1.54) is 21.7 Å². The minimum atomic E-state index is 0.291. The van der Waals surface area contributed by atoms with Gasteiger partial charge >= 0.3 is 7.12 Å². The lowest BCUT2D eigenvalue weighted by atomic mass is 9.88. The number of fused-ring (bicyclic) bond motifs is 3. The first-order valence-electron chi connectivity index (χ1n) is 7.48. The second-order valence-electron chi connectivity index (χ2n) is 5.95. The molecule has 0 aliphatic carbocycles. The molecule has 104 valence electrons. The zero-order valence-corrected chi connectivity index (χ0v) is 12.5. The van der Waals surface area contributed by atoms with Gasteiger partial charge in [0, 0.05) is 29.9 Å². The zero-order chi connectivity index (χ0) is 14.4. The number of rotatable bonds is 1. The van der Waals surface area contributed by atoms with Crippen LogP contribution in [0.4, 0.5) is 0 Å². The molecule has 4 heteroatoms. The lowest BCUT2D eigenvalue weighted by Gasteiger charge is -2.15. The smallest absolute Gasteiger partial charge is 0.262 e. The predicted octanol–water partition coefficient (Wildman–Crippen LogP) is 1.99. The van der Waals surface area contributed by atoms with Gasteiger partial charge in [-0.25, -0.2) is 0 Å². The van der Waals surface area contributed by atoms with Gasteiger partial charge in [-0.05, 0) is 26.2 Å². The summed E-state index contributed by atoms with van der Waals surface area (Å²) in [5.74, 6) is 0. The summed E-state index contributed by atoms with van der Waals surface area (Å²) in [4.78, 5) is 4.81. The molecule has 3 aromatic rings. The Hall–Kier alpha value is -1.91. The van der Waals surface area contributed by atoms with Crippen LogP contribution in [0.1, 0.15) is 0 Å². The van der Waals surface area contributed by atoms with Gasteiger partial charge in [-0.1, -0.05) is 30.3 Å². The molecule has 0 amide bonds. The van der Waals surface area contributed by atoms with Crippen molar-refractivity contribution in [3.63, 3.8) is 0 Å². The van der Waals surface area contributed by atoms with E-state index in [-0.39, 0.29) is 0 Å². The monoisotopic (exact) mass is 276 g/mol. The van der Waals surface area contributed by atoms with Gasteiger partial charge in [0.05, 0.1) is 5.39 Å². The summed E-state index contributed by atoms with van der Waals surface area (Å²) >= 11 is 0. The molecule has 0 spiro atoms. The van der Waals surface area contributed by atoms with Crippen LogP contribution in [0.2, 0.25) is 0 Å². The number of pyridine rings is 1. The van der Waals surface area contributed by atoms with Crippen LogP contribution >= 0.6 is 0 Å². The summed E-state index contributed by atoms with van der Waals surface area (Å²) in [6, 6.07) is 17.3. The third-order valence-corrected chi connectivity index (χ3v) is 4.55. The largest absolute Gasteiger partial charge is 0.683 e. The highest BCUT2D eigenvalue weighted by atomic mass is 15.3. The highest BCUT2D eigenvalue weighted by molar-refractivity contribution is 6.44. The molecule has 2 heterocycles. The second-order valence-corrected chi connectivity index (χ2v) is 5.95. The molecule has 0 N–H and O–H groups in total. The first-order chi connectivity index (χ1) is 10.3. The van der Waals surface area contributed by atoms with Crippen molar-refractivity contribution in [2.24, 2.45) is 0 Å². The van der Waals surface area contributed by atoms with Crippen LogP contribution < -0.4 is 4.48 Å². The van der Waals surface area contributed by atoms with Crippen LogP contribution in [-0.2, 0) is 0 Å². The fraction of sp³-hybridized carbons (Fsp3) is 0.235. The van der Waals surface area contributed by atoms with E-state index in [9.17, 15) is 0 Å². The lowest BCUT2D eigenvalue weighted by molar-refractivity contribution is -0.519. The van der Waals surface area contributed by atoms with Crippen molar-refractivity contribution in [2.45, 2.75) is 0 Å². The van der Waals surface area contributed by atoms with E-state index in [1.807, 2.05) is 0 Å². The number of hydrogen-bond acceptors (Lipinski definition) is 2. The molecule has 0 saturated carbocycles. The van der Waals surface area contributed by atoms with Gasteiger partial charge in [0.15, 0.2) is 11.7 Å². The second kappa shape index (κ2) is 4.83. The molecule has 1 aromatic heterocycles. The van der Waals surface area contributed by atoms with Crippen molar-refractivity contribution in [2.75, 3.05) is 27.2 Å². The summed E-state index contributed by atoms with van der Waals surface area (Å²) < 4.78 is 2.41. The summed E-state index contributed by atoms with van der Waals surface area (Å²) in [6.45, 7) is 2.21. The first kappa shape index (κ1) is 12.8. The Morgan fingerprint density at radius 1 is 0.857 bits per heavy atom. The summed E-state index contributed by atoms with van der Waals surface area (Å²) in [7, 11) is 4.69. The normalized spacial score (nSPS) is 17.1. The standard InChI is InChI=1S/C17H19BN3/c1-19-11-12-20(2)18(19)21-13-14-7-3-4-8-15(14)16-9-5-6-10-17(16)21/h3-10,13H,11-12H2,1-2H3/q+1. The maximum Gasteiger partial charge on any atom is 0.683 e. The van der Waals surface area contributed by atoms with E-state index >= 15 is 0 Å². The van der Waals surface area contributed by atoms with E-state index in [2.05, 4.69) is 82.9 Å². The summed E-state index contributed by atoms with van der Waals surface area (Å²) in [5, 5.41) is 3.95. The maximum absolute atomic E-state index is 2.41. The SMILES string of the molecule is CN1CCN(C)B1[n+]1cc2ccccc2c2ccccc21. The average Bonchev–Trinajstić information content (AvgIpc) is 2.85. The van der Waals surface area contributed by atoms with Crippen LogP contribution in [0.5, 0.6) is 0 Å². The number of hydrogen-bond donors (Lipinski definition) is 0. The Kier molecular flexibility index (Phi) is 2.94. The van der Waals surface area contributed by atoms with Crippen LogP contribution in [0.15, 0.2) is 54.7 Å². The van der Waals surface area contributed by atoms with E-state index < -0.39 is 0 Å². The highest BCUT2D eigenvalue weighted by Gasteiger charge is 2.46. The van der Waals surface area contributed by atoms with Crippen LogP contribution in [0.25, 0.3) is 21.7 Å². The topological polar surface area (TPSA) is 10.4 Å². The summed E-state index contributed by atoms with van der Waals surface area (Å²) in [6.07, 6.45) is 2.29. The van der Waals surface area contributed by atoms with Crippen LogP contribution in [0.3, 0.4) is 0 Å². The molecule has 2 aromatic carbocycles. The minimum absolute atomic E-state index is 0.291. The van der Waals surface area contributed by atoms with Crippen LogP contribution in [0, 0.1) is 0 Å². The molecule has 4 rings (SSSR count). The van der Waals surface area contributed by atoms with E-state index in [1.54, 1.807) is 0 Å². The van der Waals surface area contributed by atoms with Gasteiger partial charge in [-0.3, -0.25) is 14.1 Å². The zero-order valence-electron chi connectivity index (χ0n) is 12.5. The van der Waals surface area contributed by atoms with Crippen LogP contribution in [-0.4, -0.2) is 43.9 Å². The molecular formula is C17H19BN3+. The molecule has 1 fully saturated rings. The van der Waals surface area contributed by atoms with Crippen molar-refractivity contribution in [1.29, 1.82) is 0 Å². The van der Waals surface area contributed by atoms with Crippen molar-refractivity contribution >= 4 is 28.8 Å². The average molecular weight is 276 g/mol. The Morgan fingerprint density at radius 2 is 1.48 bits per heavy atom. The third kappa shape index (κ3) is 1.94. The molecule has 3 nitrogen and oxygen atoms in total. The Labute approximate surface area is 125 Å². The minimum Gasteiger partial charge on any atom is -0.262 e.